The quantitative estimate of drug-likeness (QED) is 0.611. The summed E-state index contributed by atoms with van der Waals surface area (Å²) in [5.74, 6) is 1.44. The van der Waals surface area contributed by atoms with Gasteiger partial charge >= 0.3 is 111 Å². The van der Waals surface area contributed by atoms with Crippen LogP contribution in [0.2, 0.25) is 14.8 Å². The average molecular weight is 384 g/mol. The Bertz CT molecular complexity index is 482. The first-order chi connectivity index (χ1) is 7.50. The van der Waals surface area contributed by atoms with Crippen molar-refractivity contribution in [1.82, 2.24) is 0 Å². The summed E-state index contributed by atoms with van der Waals surface area (Å²) < 4.78 is 3.39. The molecule has 2 aliphatic rings. The van der Waals surface area contributed by atoms with Crippen LogP contribution in [-0.2, 0) is 0 Å². The van der Waals surface area contributed by atoms with Crippen LogP contribution in [0.1, 0.15) is 29.4 Å². The van der Waals surface area contributed by atoms with Crippen LogP contribution in [0.25, 0.3) is 0 Å². The molecule has 0 heterocycles. The van der Waals surface area contributed by atoms with Gasteiger partial charge in [0, 0.05) is 0 Å². The Labute approximate surface area is 110 Å². The van der Waals surface area contributed by atoms with Crippen molar-refractivity contribution in [2.75, 3.05) is 0 Å². The van der Waals surface area contributed by atoms with Crippen molar-refractivity contribution in [3.63, 3.8) is 0 Å². The van der Waals surface area contributed by atoms with E-state index >= 15 is 0 Å². The number of fused-ring (bicyclic) bond motifs is 5. The average Bonchev–Trinajstić information content (AvgIpc) is 2.72. The molecule has 84 valence electrons. The number of hydrogen-bond donors (Lipinski definition) is 0. The summed E-state index contributed by atoms with van der Waals surface area (Å²) in [4.78, 5) is 7.61. The monoisotopic (exact) mass is 384 g/mol. The number of halogens is 1. The molecule has 0 aliphatic heterocycles. The Balaban J connectivity index is 2.16. The van der Waals surface area contributed by atoms with Crippen molar-refractivity contribution < 1.29 is 0 Å². The summed E-state index contributed by atoms with van der Waals surface area (Å²) in [7, 11) is 0. The minimum atomic E-state index is -1.92. The van der Waals surface area contributed by atoms with Crippen LogP contribution < -0.4 is 0 Å². The molecule has 3 rings (SSSR count). The SMILES string of the molecule is [CH3][Sn]([CH3])([CH3])[C]1=C(Br)[C@@H]2C[C@H]1c1ccccc12. The van der Waals surface area contributed by atoms with Gasteiger partial charge in [0.2, 0.25) is 0 Å². The third-order valence-corrected chi connectivity index (χ3v) is 12.3. The summed E-state index contributed by atoms with van der Waals surface area (Å²) in [6.45, 7) is 0. The van der Waals surface area contributed by atoms with E-state index in [0.717, 1.165) is 5.92 Å². The van der Waals surface area contributed by atoms with Gasteiger partial charge in [-0.05, 0) is 0 Å². The fourth-order valence-electron chi connectivity index (χ4n) is 3.38. The Hall–Kier alpha value is 0.239. The predicted molar refractivity (Wildman–Crippen MR) is 75.8 cm³/mol. The maximum absolute atomic E-state index is 3.90. The molecule has 2 bridgehead atoms. The molecule has 0 fully saturated rings. The first kappa shape index (κ1) is 11.3. The van der Waals surface area contributed by atoms with E-state index in [1.54, 1.807) is 15.6 Å². The van der Waals surface area contributed by atoms with E-state index < -0.39 is 18.4 Å². The van der Waals surface area contributed by atoms with Crippen molar-refractivity contribution in [1.29, 1.82) is 0 Å². The molecule has 0 aromatic heterocycles. The molecule has 0 nitrogen and oxygen atoms in total. The van der Waals surface area contributed by atoms with Gasteiger partial charge in [0.15, 0.2) is 0 Å². The fraction of sp³-hybridized carbons (Fsp3) is 0.429. The van der Waals surface area contributed by atoms with Crippen molar-refractivity contribution >= 4 is 34.3 Å². The Kier molecular flexibility index (Phi) is 2.56. The maximum atomic E-state index is 3.90. The number of benzene rings is 1. The van der Waals surface area contributed by atoms with Gasteiger partial charge < -0.3 is 0 Å². The Morgan fingerprint density at radius 3 is 2.19 bits per heavy atom. The van der Waals surface area contributed by atoms with Crippen molar-refractivity contribution in [2.45, 2.75) is 33.1 Å². The third kappa shape index (κ3) is 1.47. The normalized spacial score (nSPS) is 27.5. The van der Waals surface area contributed by atoms with Gasteiger partial charge in [0.05, 0.1) is 0 Å². The van der Waals surface area contributed by atoms with E-state index in [1.807, 2.05) is 3.59 Å². The summed E-state index contributed by atoms with van der Waals surface area (Å²) in [5.41, 5.74) is 3.20. The zero-order valence-electron chi connectivity index (χ0n) is 10.0. The van der Waals surface area contributed by atoms with Crippen molar-refractivity contribution in [3.05, 3.63) is 43.5 Å². The van der Waals surface area contributed by atoms with Crippen LogP contribution in [0, 0.1) is 0 Å². The van der Waals surface area contributed by atoms with Gasteiger partial charge in [-0.15, -0.1) is 0 Å². The molecule has 1 aromatic carbocycles. The van der Waals surface area contributed by atoms with E-state index in [1.165, 1.54) is 6.42 Å². The van der Waals surface area contributed by atoms with E-state index in [0.29, 0.717) is 5.92 Å². The van der Waals surface area contributed by atoms with Crippen LogP contribution in [0.3, 0.4) is 0 Å². The molecule has 2 aliphatic carbocycles. The van der Waals surface area contributed by atoms with Gasteiger partial charge in [-0.1, -0.05) is 0 Å². The van der Waals surface area contributed by atoms with E-state index in [-0.39, 0.29) is 0 Å². The first-order valence-electron chi connectivity index (χ1n) is 5.99. The minimum absolute atomic E-state index is 0.687. The molecule has 0 saturated carbocycles. The molecule has 0 N–H and O–H groups in total. The van der Waals surface area contributed by atoms with Crippen molar-refractivity contribution in [3.8, 4) is 0 Å². The molecular formula is C14H17BrSn. The second-order valence-corrected chi connectivity index (χ2v) is 21.2. The van der Waals surface area contributed by atoms with Crippen LogP contribution >= 0.6 is 15.9 Å². The zero-order chi connectivity index (χ0) is 11.5. The number of allylic oxidation sites excluding steroid dienone is 2. The van der Waals surface area contributed by atoms with Gasteiger partial charge in [0.1, 0.15) is 0 Å². The van der Waals surface area contributed by atoms with Gasteiger partial charge in [-0.3, -0.25) is 0 Å². The van der Waals surface area contributed by atoms with Gasteiger partial charge in [0.25, 0.3) is 0 Å². The molecule has 0 unspecified atom stereocenters. The summed E-state index contributed by atoms with van der Waals surface area (Å²) in [6.07, 6.45) is 1.34. The molecule has 0 spiro atoms. The topological polar surface area (TPSA) is 0 Å². The third-order valence-electron chi connectivity index (χ3n) is 3.94. The molecule has 0 radical (unpaired) electrons. The van der Waals surface area contributed by atoms with E-state index in [2.05, 4.69) is 55.0 Å². The predicted octanol–water partition coefficient (Wildman–Crippen LogP) is 4.80. The molecule has 2 heteroatoms. The van der Waals surface area contributed by atoms with Crippen LogP contribution in [0.5, 0.6) is 0 Å². The second-order valence-electron chi connectivity index (χ2n) is 5.98. The Morgan fingerprint density at radius 1 is 1.06 bits per heavy atom. The van der Waals surface area contributed by atoms with Crippen LogP contribution in [0.4, 0.5) is 0 Å². The molecule has 0 amide bonds. The molecule has 2 atom stereocenters. The fourth-order valence-corrected chi connectivity index (χ4v) is 14.4. The Morgan fingerprint density at radius 2 is 1.62 bits per heavy atom. The van der Waals surface area contributed by atoms with Gasteiger partial charge in [-0.2, -0.15) is 0 Å². The van der Waals surface area contributed by atoms with E-state index in [9.17, 15) is 0 Å². The standard InChI is InChI=1S/C11H8Br.3CH3.Sn/c12-11-6-7-5-10(11)9-4-2-1-3-8(7)9;;;;/h1-4,7,10H,5H2;3*1H3;/t7-,10-;;;;/m1..../s1. The molecule has 16 heavy (non-hydrogen) atoms. The van der Waals surface area contributed by atoms with Crippen LogP contribution in [-0.4, -0.2) is 18.4 Å². The summed E-state index contributed by atoms with van der Waals surface area (Å²) in [6, 6.07) is 9.04. The first-order valence-corrected chi connectivity index (χ1v) is 16.8. The van der Waals surface area contributed by atoms with Gasteiger partial charge in [-0.25, -0.2) is 0 Å². The molecule has 0 saturated heterocycles. The van der Waals surface area contributed by atoms with Crippen LogP contribution in [0.15, 0.2) is 32.3 Å². The molecular weight excluding hydrogens is 367 g/mol. The van der Waals surface area contributed by atoms with Crippen molar-refractivity contribution in [2.24, 2.45) is 0 Å². The number of rotatable bonds is 1. The van der Waals surface area contributed by atoms with E-state index in [4.69, 9.17) is 0 Å². The number of hydrogen-bond acceptors (Lipinski definition) is 0. The zero-order valence-corrected chi connectivity index (χ0v) is 14.5. The molecule has 1 aromatic rings. The summed E-state index contributed by atoms with van der Waals surface area (Å²) >= 11 is 1.98. The summed E-state index contributed by atoms with van der Waals surface area (Å²) in [5, 5.41) is 0. The second kappa shape index (κ2) is 3.61.